The van der Waals surface area contributed by atoms with E-state index in [1.165, 1.54) is 25.7 Å². The van der Waals surface area contributed by atoms with Crippen LogP contribution in [0.25, 0.3) is 9.75 Å². The summed E-state index contributed by atoms with van der Waals surface area (Å²) in [5.41, 5.74) is 4.47. The molecule has 126 valence electrons. The summed E-state index contributed by atoms with van der Waals surface area (Å²) in [5, 5.41) is 0. The quantitative estimate of drug-likeness (QED) is 0.525. The molecular weight excluding hydrogens is 328 g/mol. The second-order valence-electron chi connectivity index (χ2n) is 10.0. The molecule has 0 aliphatic heterocycles. The number of hydrogen-bond acceptors (Lipinski definition) is 2. The Morgan fingerprint density at radius 2 is 1.17 bits per heavy atom. The molecule has 4 atom stereocenters. The minimum atomic E-state index is 0.551. The fourth-order valence-corrected chi connectivity index (χ4v) is 9.26. The van der Waals surface area contributed by atoms with Gasteiger partial charge in [-0.25, -0.2) is 0 Å². The molecule has 2 heterocycles. The van der Waals surface area contributed by atoms with Crippen LogP contribution in [0.5, 0.6) is 0 Å². The Hall–Kier alpha value is -0.600. The normalized spacial score (nSPS) is 36.3. The average molecular weight is 355 g/mol. The molecule has 2 fully saturated rings. The van der Waals surface area contributed by atoms with Gasteiger partial charge in [-0.05, 0) is 83.4 Å². The van der Waals surface area contributed by atoms with Crippen molar-refractivity contribution in [2.75, 3.05) is 0 Å². The van der Waals surface area contributed by atoms with E-state index in [-0.39, 0.29) is 0 Å². The van der Waals surface area contributed by atoms with Gasteiger partial charge in [0.2, 0.25) is 0 Å². The van der Waals surface area contributed by atoms with Gasteiger partial charge in [0, 0.05) is 19.5 Å². The predicted molar refractivity (Wildman–Crippen MR) is 104 cm³/mol. The molecule has 0 spiro atoms. The molecule has 2 heteroatoms. The van der Waals surface area contributed by atoms with Crippen LogP contribution in [-0.2, 0) is 12.8 Å². The van der Waals surface area contributed by atoms with E-state index in [4.69, 9.17) is 0 Å². The van der Waals surface area contributed by atoms with Gasteiger partial charge in [0.05, 0.1) is 0 Å². The SMILES string of the molecule is CC1(C)[C@H]2Cc3cc(-c4cc5c(s4)[C@@H]4C[C@H](C5)C4(C)C)sc3[C@@H]1C2. The summed E-state index contributed by atoms with van der Waals surface area (Å²) in [4.78, 5) is 6.59. The molecule has 0 aromatic carbocycles. The van der Waals surface area contributed by atoms with E-state index < -0.39 is 0 Å². The largest absolute Gasteiger partial charge is 0.139 e. The number of hydrogen-bond donors (Lipinski definition) is 0. The van der Waals surface area contributed by atoms with Crippen LogP contribution in [0.1, 0.15) is 73.3 Å². The van der Waals surface area contributed by atoms with Crippen LogP contribution >= 0.6 is 22.7 Å². The van der Waals surface area contributed by atoms with Crippen molar-refractivity contribution < 1.29 is 0 Å². The van der Waals surface area contributed by atoms with Crippen molar-refractivity contribution in [3.8, 4) is 9.75 Å². The fraction of sp³-hybridized carbons (Fsp3) is 0.636. The molecule has 2 saturated carbocycles. The molecule has 0 saturated heterocycles. The van der Waals surface area contributed by atoms with Crippen LogP contribution in [0.4, 0.5) is 0 Å². The topological polar surface area (TPSA) is 0 Å². The van der Waals surface area contributed by atoms with Gasteiger partial charge in [-0.1, -0.05) is 27.7 Å². The lowest BCUT2D eigenvalue weighted by molar-refractivity contribution is 0.0213. The highest BCUT2D eigenvalue weighted by Crippen LogP contribution is 2.66. The van der Waals surface area contributed by atoms with Gasteiger partial charge in [-0.3, -0.25) is 0 Å². The number of thiophene rings is 2. The first-order valence-corrected chi connectivity index (χ1v) is 11.2. The van der Waals surface area contributed by atoms with Gasteiger partial charge in [-0.2, -0.15) is 0 Å². The maximum absolute atomic E-state index is 2.56. The van der Waals surface area contributed by atoms with Crippen LogP contribution in [0.2, 0.25) is 0 Å². The second kappa shape index (κ2) is 4.20. The molecular formula is C22H26S2. The van der Waals surface area contributed by atoms with Crippen molar-refractivity contribution in [3.05, 3.63) is 33.0 Å². The van der Waals surface area contributed by atoms with Gasteiger partial charge in [0.1, 0.15) is 0 Å². The zero-order valence-corrected chi connectivity index (χ0v) is 16.7. The Kier molecular flexibility index (Phi) is 2.55. The Morgan fingerprint density at radius 1 is 0.750 bits per heavy atom. The van der Waals surface area contributed by atoms with E-state index in [0.717, 1.165) is 23.7 Å². The highest BCUT2D eigenvalue weighted by molar-refractivity contribution is 7.22. The van der Waals surface area contributed by atoms with Crippen molar-refractivity contribution in [1.29, 1.82) is 0 Å². The molecule has 8 rings (SSSR count). The van der Waals surface area contributed by atoms with E-state index in [9.17, 15) is 0 Å². The molecule has 24 heavy (non-hydrogen) atoms. The maximum Gasteiger partial charge on any atom is 0.0448 e. The first-order chi connectivity index (χ1) is 11.4. The predicted octanol–water partition coefficient (Wildman–Crippen LogP) is 6.85. The Bertz CT molecular complexity index is 790. The third-order valence-corrected chi connectivity index (χ3v) is 11.2. The zero-order valence-electron chi connectivity index (χ0n) is 15.1. The van der Waals surface area contributed by atoms with Gasteiger partial charge in [-0.15, -0.1) is 22.7 Å². The first kappa shape index (κ1) is 14.6. The van der Waals surface area contributed by atoms with Gasteiger partial charge < -0.3 is 0 Å². The molecule has 0 unspecified atom stereocenters. The van der Waals surface area contributed by atoms with Crippen molar-refractivity contribution in [2.24, 2.45) is 22.7 Å². The van der Waals surface area contributed by atoms with Gasteiger partial charge in [0.15, 0.2) is 0 Å². The summed E-state index contributed by atoms with van der Waals surface area (Å²) < 4.78 is 0. The fourth-order valence-electron chi connectivity index (χ4n) is 6.18. The van der Waals surface area contributed by atoms with Gasteiger partial charge >= 0.3 is 0 Å². The standard InChI is InChI=1S/C22H26S2/c1-21(2)13-5-11-7-17(23-19(11)15(21)9-13)18-8-12-6-14-10-16(20(12)24-18)22(14,3)4/h7-8,13-16H,5-6,9-10H2,1-4H3/t13-,14-,15-,16-/m0/s1. The molecule has 0 N–H and O–H groups in total. The Labute approximate surface area is 153 Å². The summed E-state index contributed by atoms with van der Waals surface area (Å²) >= 11 is 4.25. The smallest absolute Gasteiger partial charge is 0.0448 e. The molecule has 0 radical (unpaired) electrons. The van der Waals surface area contributed by atoms with Crippen molar-refractivity contribution >= 4 is 22.7 Å². The molecule has 0 amide bonds. The summed E-state index contributed by atoms with van der Waals surface area (Å²) in [5.74, 6) is 3.54. The average Bonchev–Trinajstić information content (AvgIpc) is 3.16. The van der Waals surface area contributed by atoms with Crippen LogP contribution in [-0.4, -0.2) is 0 Å². The Morgan fingerprint density at radius 3 is 1.54 bits per heavy atom. The monoisotopic (exact) mass is 354 g/mol. The first-order valence-electron chi connectivity index (χ1n) is 9.61. The lowest BCUT2D eigenvalue weighted by Crippen LogP contribution is -2.47. The Balaban J connectivity index is 1.41. The molecule has 0 nitrogen and oxygen atoms in total. The highest BCUT2D eigenvalue weighted by atomic mass is 32.1. The summed E-state index contributed by atoms with van der Waals surface area (Å²) in [7, 11) is 0. The molecule has 6 aliphatic rings. The molecule has 2 aromatic rings. The highest BCUT2D eigenvalue weighted by Gasteiger charge is 2.54. The van der Waals surface area contributed by atoms with E-state index in [2.05, 4.69) is 62.5 Å². The third kappa shape index (κ3) is 1.57. The lowest BCUT2D eigenvalue weighted by Gasteiger charge is -2.56. The minimum absolute atomic E-state index is 0.551. The zero-order chi connectivity index (χ0) is 16.4. The van der Waals surface area contributed by atoms with Crippen molar-refractivity contribution in [3.63, 3.8) is 0 Å². The van der Waals surface area contributed by atoms with E-state index in [1.807, 2.05) is 0 Å². The van der Waals surface area contributed by atoms with Crippen molar-refractivity contribution in [2.45, 2.75) is 65.2 Å². The van der Waals surface area contributed by atoms with E-state index in [1.54, 1.807) is 30.6 Å². The molecule has 6 aliphatic carbocycles. The summed E-state index contributed by atoms with van der Waals surface area (Å²) in [6.07, 6.45) is 5.55. The molecule has 4 bridgehead atoms. The summed E-state index contributed by atoms with van der Waals surface area (Å²) in [6.45, 7) is 9.97. The van der Waals surface area contributed by atoms with E-state index in [0.29, 0.717) is 10.8 Å². The van der Waals surface area contributed by atoms with Crippen molar-refractivity contribution in [1.82, 2.24) is 0 Å². The lowest BCUT2D eigenvalue weighted by atomic mass is 9.49. The second-order valence-corrected chi connectivity index (χ2v) is 12.2. The number of rotatable bonds is 1. The summed E-state index contributed by atoms with van der Waals surface area (Å²) in [6, 6.07) is 5.11. The maximum atomic E-state index is 2.56. The van der Waals surface area contributed by atoms with Crippen LogP contribution in [0.15, 0.2) is 12.1 Å². The van der Waals surface area contributed by atoms with E-state index >= 15 is 0 Å². The van der Waals surface area contributed by atoms with Crippen LogP contribution < -0.4 is 0 Å². The van der Waals surface area contributed by atoms with Gasteiger partial charge in [0.25, 0.3) is 0 Å². The third-order valence-electron chi connectivity index (χ3n) is 8.43. The van der Waals surface area contributed by atoms with Crippen LogP contribution in [0, 0.1) is 22.7 Å². The minimum Gasteiger partial charge on any atom is -0.139 e. The van der Waals surface area contributed by atoms with Crippen LogP contribution in [0.3, 0.4) is 0 Å². The molecule has 2 aromatic heterocycles.